The molecule has 8 nitrogen and oxygen atoms in total. The van der Waals surface area contributed by atoms with Gasteiger partial charge < -0.3 is 4.90 Å². The Balaban J connectivity index is 1.51. The minimum absolute atomic E-state index is 0.177. The second-order valence-electron chi connectivity index (χ2n) is 6.30. The third-order valence-corrected chi connectivity index (χ3v) is 5.80. The van der Waals surface area contributed by atoms with Gasteiger partial charge in [-0.1, -0.05) is 36.4 Å². The number of amides is 1. The molecule has 3 aromatic rings. The van der Waals surface area contributed by atoms with E-state index >= 15 is 0 Å². The summed E-state index contributed by atoms with van der Waals surface area (Å²) in [5, 5.41) is 11.2. The fourth-order valence-corrected chi connectivity index (χ4v) is 4.38. The Morgan fingerprint density at radius 3 is 2.59 bits per heavy atom. The summed E-state index contributed by atoms with van der Waals surface area (Å²) in [6, 6.07) is 16.6. The molecule has 0 atom stereocenters. The quantitative estimate of drug-likeness (QED) is 0.656. The summed E-state index contributed by atoms with van der Waals surface area (Å²) in [4.78, 5) is 14.1. The fourth-order valence-electron chi connectivity index (χ4n) is 3.18. The van der Waals surface area contributed by atoms with Gasteiger partial charge in [0, 0.05) is 12.2 Å². The molecule has 0 unspecified atom stereocenters. The van der Waals surface area contributed by atoms with E-state index in [0.29, 0.717) is 12.2 Å². The Bertz CT molecular complexity index is 1080. The van der Waals surface area contributed by atoms with Crippen LogP contribution in [0.25, 0.3) is 5.69 Å². The highest BCUT2D eigenvalue weighted by Gasteiger charge is 2.29. The van der Waals surface area contributed by atoms with Crippen molar-refractivity contribution in [1.82, 2.24) is 20.2 Å². The number of carbonyl (C=O) groups excluding carboxylic acids is 1. The first-order valence-electron chi connectivity index (χ1n) is 8.45. The molecule has 1 aliphatic rings. The molecule has 2 aromatic carbocycles. The van der Waals surface area contributed by atoms with E-state index in [1.807, 2.05) is 42.5 Å². The van der Waals surface area contributed by atoms with Crippen LogP contribution in [-0.4, -0.2) is 46.8 Å². The number of aromatic nitrogens is 4. The van der Waals surface area contributed by atoms with Crippen LogP contribution in [0.5, 0.6) is 0 Å². The van der Waals surface area contributed by atoms with E-state index < -0.39 is 27.3 Å². The number of hydrogen-bond acceptors (Lipinski definition) is 6. The number of fused-ring (bicyclic) bond motifs is 1. The standard InChI is InChI=1S/C18H17N5O3S/c24-18(22-11-10-14-6-4-5-9-16(14)22)13-27(25,26)12-17-19-20-21-23(17)15-7-2-1-3-8-15/h1-9H,10-13H2. The van der Waals surface area contributed by atoms with Gasteiger partial charge in [0.15, 0.2) is 15.7 Å². The molecule has 0 radical (unpaired) electrons. The summed E-state index contributed by atoms with van der Waals surface area (Å²) >= 11 is 0. The molecule has 1 aromatic heterocycles. The number of tetrazole rings is 1. The zero-order valence-electron chi connectivity index (χ0n) is 14.4. The zero-order chi connectivity index (χ0) is 18.9. The van der Waals surface area contributed by atoms with E-state index in [1.54, 1.807) is 12.1 Å². The Morgan fingerprint density at radius 1 is 1.04 bits per heavy atom. The van der Waals surface area contributed by atoms with Crippen LogP contribution in [-0.2, 0) is 26.8 Å². The van der Waals surface area contributed by atoms with Gasteiger partial charge in [-0.05, 0) is 40.6 Å². The van der Waals surface area contributed by atoms with Crippen molar-refractivity contribution in [2.45, 2.75) is 12.2 Å². The summed E-state index contributed by atoms with van der Waals surface area (Å²) in [5.41, 5.74) is 2.50. The summed E-state index contributed by atoms with van der Waals surface area (Å²) in [7, 11) is -3.73. The number of carbonyl (C=O) groups is 1. The lowest BCUT2D eigenvalue weighted by Gasteiger charge is -2.17. The molecule has 138 valence electrons. The maximum absolute atomic E-state index is 12.6. The summed E-state index contributed by atoms with van der Waals surface area (Å²) < 4.78 is 26.6. The molecule has 4 rings (SSSR count). The minimum Gasteiger partial charge on any atom is -0.311 e. The molecular weight excluding hydrogens is 366 g/mol. The Hall–Kier alpha value is -3.07. The lowest BCUT2D eigenvalue weighted by atomic mass is 10.2. The van der Waals surface area contributed by atoms with Gasteiger partial charge in [0.1, 0.15) is 11.5 Å². The highest BCUT2D eigenvalue weighted by atomic mass is 32.2. The molecule has 1 aliphatic heterocycles. The van der Waals surface area contributed by atoms with Crippen LogP contribution in [0.2, 0.25) is 0 Å². The lowest BCUT2D eigenvalue weighted by Crippen LogP contribution is -2.35. The van der Waals surface area contributed by atoms with Gasteiger partial charge in [-0.25, -0.2) is 8.42 Å². The van der Waals surface area contributed by atoms with E-state index in [4.69, 9.17) is 0 Å². The number of benzene rings is 2. The largest absolute Gasteiger partial charge is 0.311 e. The zero-order valence-corrected chi connectivity index (χ0v) is 15.2. The topological polar surface area (TPSA) is 98.0 Å². The summed E-state index contributed by atoms with van der Waals surface area (Å²) in [5.74, 6) is -1.24. The third kappa shape index (κ3) is 3.59. The van der Waals surface area contributed by atoms with Crippen LogP contribution in [0.15, 0.2) is 54.6 Å². The van der Waals surface area contributed by atoms with Crippen molar-refractivity contribution < 1.29 is 13.2 Å². The molecule has 2 heterocycles. The smallest absolute Gasteiger partial charge is 0.242 e. The number of anilines is 1. The van der Waals surface area contributed by atoms with Crippen molar-refractivity contribution in [2.75, 3.05) is 17.2 Å². The molecule has 1 amide bonds. The van der Waals surface area contributed by atoms with E-state index in [2.05, 4.69) is 15.5 Å². The first-order valence-corrected chi connectivity index (χ1v) is 10.3. The Morgan fingerprint density at radius 2 is 1.78 bits per heavy atom. The van der Waals surface area contributed by atoms with Crippen molar-refractivity contribution in [3.63, 3.8) is 0 Å². The summed E-state index contributed by atoms with van der Waals surface area (Å²) in [6.07, 6.45) is 0.730. The number of hydrogen-bond donors (Lipinski definition) is 0. The molecule has 0 N–H and O–H groups in total. The van der Waals surface area contributed by atoms with Gasteiger partial charge in [-0.2, -0.15) is 4.68 Å². The van der Waals surface area contributed by atoms with Crippen LogP contribution >= 0.6 is 0 Å². The maximum Gasteiger partial charge on any atom is 0.242 e. The van der Waals surface area contributed by atoms with E-state index in [0.717, 1.165) is 17.7 Å². The predicted molar refractivity (Wildman–Crippen MR) is 99.1 cm³/mol. The fraction of sp³-hybridized carbons (Fsp3) is 0.222. The minimum atomic E-state index is -3.73. The van der Waals surface area contributed by atoms with Crippen LogP contribution in [0.3, 0.4) is 0 Å². The van der Waals surface area contributed by atoms with E-state index in [9.17, 15) is 13.2 Å². The monoisotopic (exact) mass is 383 g/mol. The second-order valence-corrected chi connectivity index (χ2v) is 8.36. The number of nitrogens with zero attached hydrogens (tertiary/aromatic N) is 5. The van der Waals surface area contributed by atoms with Gasteiger partial charge in [-0.3, -0.25) is 4.79 Å². The average Bonchev–Trinajstić information content (AvgIpc) is 3.28. The highest BCUT2D eigenvalue weighted by molar-refractivity contribution is 7.91. The molecule has 0 aliphatic carbocycles. The lowest BCUT2D eigenvalue weighted by molar-refractivity contribution is -0.116. The molecule has 0 saturated heterocycles. The van der Waals surface area contributed by atoms with Gasteiger partial charge in [-0.15, -0.1) is 5.10 Å². The third-order valence-electron chi connectivity index (χ3n) is 4.42. The van der Waals surface area contributed by atoms with Crippen LogP contribution in [0.4, 0.5) is 5.69 Å². The van der Waals surface area contributed by atoms with Crippen molar-refractivity contribution in [1.29, 1.82) is 0 Å². The van der Waals surface area contributed by atoms with Gasteiger partial charge in [0.25, 0.3) is 0 Å². The number of para-hydroxylation sites is 2. The summed E-state index contributed by atoms with van der Waals surface area (Å²) in [6.45, 7) is 0.495. The predicted octanol–water partition coefficient (Wildman–Crippen LogP) is 1.17. The van der Waals surface area contributed by atoms with E-state index in [1.165, 1.54) is 9.58 Å². The molecular formula is C18H17N5O3S. The Kier molecular flexibility index (Phi) is 4.44. The molecule has 0 fully saturated rings. The van der Waals surface area contributed by atoms with Crippen LogP contribution in [0.1, 0.15) is 11.4 Å². The van der Waals surface area contributed by atoms with Crippen LogP contribution in [0, 0.1) is 0 Å². The van der Waals surface area contributed by atoms with Crippen LogP contribution < -0.4 is 4.90 Å². The van der Waals surface area contributed by atoms with E-state index in [-0.39, 0.29) is 5.82 Å². The van der Waals surface area contributed by atoms with Crippen molar-refractivity contribution in [3.8, 4) is 5.69 Å². The van der Waals surface area contributed by atoms with Crippen molar-refractivity contribution >= 4 is 21.4 Å². The average molecular weight is 383 g/mol. The SMILES string of the molecule is O=C(CS(=O)(=O)Cc1nnnn1-c1ccccc1)N1CCc2ccccc21. The second kappa shape index (κ2) is 6.92. The molecule has 0 saturated carbocycles. The van der Waals surface area contributed by atoms with Crippen molar-refractivity contribution in [3.05, 3.63) is 66.0 Å². The Labute approximate surface area is 156 Å². The maximum atomic E-state index is 12.6. The first-order chi connectivity index (χ1) is 13.0. The van der Waals surface area contributed by atoms with Crippen molar-refractivity contribution in [2.24, 2.45) is 0 Å². The highest BCUT2D eigenvalue weighted by Crippen LogP contribution is 2.27. The number of sulfone groups is 1. The molecule has 0 bridgehead atoms. The molecule has 27 heavy (non-hydrogen) atoms. The van der Waals surface area contributed by atoms with Gasteiger partial charge in [0.05, 0.1) is 5.69 Å². The molecule has 0 spiro atoms. The first kappa shape index (κ1) is 17.3. The normalized spacial score (nSPS) is 13.6. The molecule has 9 heteroatoms. The van der Waals surface area contributed by atoms with Gasteiger partial charge in [0.2, 0.25) is 5.91 Å². The van der Waals surface area contributed by atoms with Gasteiger partial charge >= 0.3 is 0 Å². The number of rotatable bonds is 5.